The molecule has 2 aromatic rings. The van der Waals surface area contributed by atoms with Gasteiger partial charge in [0.2, 0.25) is 5.91 Å². The van der Waals surface area contributed by atoms with E-state index >= 15 is 0 Å². The second-order valence-corrected chi connectivity index (χ2v) is 4.91. The fraction of sp³-hybridized carbons (Fsp3) is 0.188. The van der Waals surface area contributed by atoms with E-state index in [1.54, 1.807) is 0 Å². The molecule has 0 radical (unpaired) electrons. The molecule has 0 heterocycles. The van der Waals surface area contributed by atoms with Crippen LogP contribution in [0.1, 0.15) is 16.7 Å². The highest BCUT2D eigenvalue weighted by Crippen LogP contribution is 2.10. The smallest absolute Gasteiger partial charge is 0.224 e. The lowest BCUT2D eigenvalue weighted by Gasteiger charge is -2.07. The number of benzene rings is 2. The van der Waals surface area contributed by atoms with Gasteiger partial charge in [0.1, 0.15) is 11.6 Å². The SMILES string of the molecule is O=C(Cc1ccc(F)cc1F)NCc1ccc(CCl)cc1. The molecule has 0 atom stereocenters. The number of halogens is 3. The largest absolute Gasteiger partial charge is 0.352 e. The lowest BCUT2D eigenvalue weighted by molar-refractivity contribution is -0.120. The second kappa shape index (κ2) is 7.18. The van der Waals surface area contributed by atoms with Gasteiger partial charge in [0.15, 0.2) is 0 Å². The molecule has 0 saturated heterocycles. The molecule has 0 aliphatic rings. The minimum Gasteiger partial charge on any atom is -0.352 e. The van der Waals surface area contributed by atoms with Crippen LogP contribution in [-0.4, -0.2) is 5.91 Å². The van der Waals surface area contributed by atoms with Gasteiger partial charge in [0, 0.05) is 18.5 Å². The van der Waals surface area contributed by atoms with Gasteiger partial charge in [-0.25, -0.2) is 8.78 Å². The van der Waals surface area contributed by atoms with Gasteiger partial charge in [-0.2, -0.15) is 0 Å². The molecule has 0 saturated carbocycles. The van der Waals surface area contributed by atoms with E-state index in [1.165, 1.54) is 6.07 Å². The van der Waals surface area contributed by atoms with Crippen LogP contribution in [0.5, 0.6) is 0 Å². The van der Waals surface area contributed by atoms with E-state index in [-0.39, 0.29) is 17.9 Å². The standard InChI is InChI=1S/C16H14ClF2NO/c17-9-11-1-3-12(4-2-11)10-20-16(21)7-13-5-6-14(18)8-15(13)19/h1-6,8H,7,9-10H2,(H,20,21). The van der Waals surface area contributed by atoms with Crippen LogP contribution in [-0.2, 0) is 23.6 Å². The van der Waals surface area contributed by atoms with Gasteiger partial charge in [0.25, 0.3) is 0 Å². The predicted octanol–water partition coefficient (Wildman–Crippen LogP) is 3.56. The first-order valence-corrected chi connectivity index (χ1v) is 6.96. The van der Waals surface area contributed by atoms with Gasteiger partial charge in [-0.1, -0.05) is 30.3 Å². The van der Waals surface area contributed by atoms with Crippen molar-refractivity contribution in [1.82, 2.24) is 5.32 Å². The Morgan fingerprint density at radius 1 is 1.05 bits per heavy atom. The van der Waals surface area contributed by atoms with Gasteiger partial charge in [-0.05, 0) is 22.8 Å². The highest BCUT2D eigenvalue weighted by molar-refractivity contribution is 6.17. The van der Waals surface area contributed by atoms with Crippen molar-refractivity contribution in [2.45, 2.75) is 18.8 Å². The number of rotatable bonds is 5. The molecule has 0 spiro atoms. The van der Waals surface area contributed by atoms with Crippen LogP contribution in [0, 0.1) is 11.6 Å². The molecule has 2 aromatic carbocycles. The van der Waals surface area contributed by atoms with Crippen LogP contribution in [0.15, 0.2) is 42.5 Å². The summed E-state index contributed by atoms with van der Waals surface area (Å²) in [5.74, 6) is -1.24. The Labute approximate surface area is 126 Å². The highest BCUT2D eigenvalue weighted by atomic mass is 35.5. The molecule has 0 aliphatic carbocycles. The molecule has 1 N–H and O–H groups in total. The van der Waals surface area contributed by atoms with Crippen LogP contribution in [0.4, 0.5) is 8.78 Å². The van der Waals surface area contributed by atoms with Crippen LogP contribution < -0.4 is 5.32 Å². The fourth-order valence-corrected chi connectivity index (χ4v) is 2.03. The molecule has 1 amide bonds. The van der Waals surface area contributed by atoms with E-state index in [2.05, 4.69) is 5.32 Å². The molecular weight excluding hydrogens is 296 g/mol. The molecule has 5 heteroatoms. The number of amides is 1. The number of nitrogens with one attached hydrogen (secondary N) is 1. The van der Waals surface area contributed by atoms with E-state index in [9.17, 15) is 13.6 Å². The van der Waals surface area contributed by atoms with Crippen molar-refractivity contribution >= 4 is 17.5 Å². The van der Waals surface area contributed by atoms with Crippen LogP contribution >= 0.6 is 11.6 Å². The molecule has 110 valence electrons. The van der Waals surface area contributed by atoms with Crippen LogP contribution in [0.2, 0.25) is 0 Å². The summed E-state index contributed by atoms with van der Waals surface area (Å²) in [6, 6.07) is 10.7. The summed E-state index contributed by atoms with van der Waals surface area (Å²) < 4.78 is 26.2. The van der Waals surface area contributed by atoms with Gasteiger partial charge in [-0.15, -0.1) is 11.6 Å². The third-order valence-electron chi connectivity index (χ3n) is 3.03. The Balaban J connectivity index is 1.89. The quantitative estimate of drug-likeness (QED) is 0.841. The minimum absolute atomic E-state index is 0.119. The number of hydrogen-bond donors (Lipinski definition) is 1. The van der Waals surface area contributed by atoms with E-state index in [0.717, 1.165) is 23.3 Å². The van der Waals surface area contributed by atoms with Gasteiger partial charge in [-0.3, -0.25) is 4.79 Å². The van der Waals surface area contributed by atoms with Crippen molar-refractivity contribution in [2.24, 2.45) is 0 Å². The molecule has 0 unspecified atom stereocenters. The zero-order chi connectivity index (χ0) is 15.2. The van der Waals surface area contributed by atoms with Crippen molar-refractivity contribution < 1.29 is 13.6 Å². The summed E-state index contributed by atoms with van der Waals surface area (Å²) in [4.78, 5) is 11.8. The first kappa shape index (κ1) is 15.4. The van der Waals surface area contributed by atoms with Crippen molar-refractivity contribution in [3.63, 3.8) is 0 Å². The van der Waals surface area contributed by atoms with Crippen LogP contribution in [0.3, 0.4) is 0 Å². The Hall–Kier alpha value is -1.94. The molecular formula is C16H14ClF2NO. The van der Waals surface area contributed by atoms with Crippen molar-refractivity contribution in [3.8, 4) is 0 Å². The average Bonchev–Trinajstić information content (AvgIpc) is 2.48. The summed E-state index contributed by atoms with van der Waals surface area (Å²) >= 11 is 5.69. The number of hydrogen-bond acceptors (Lipinski definition) is 1. The van der Waals surface area contributed by atoms with E-state index < -0.39 is 11.6 Å². The Bertz CT molecular complexity index is 629. The number of alkyl halides is 1. The van der Waals surface area contributed by atoms with E-state index in [0.29, 0.717) is 12.4 Å². The van der Waals surface area contributed by atoms with Crippen molar-refractivity contribution in [2.75, 3.05) is 0 Å². The summed E-state index contributed by atoms with van der Waals surface area (Å²) in [5.41, 5.74) is 2.10. The van der Waals surface area contributed by atoms with Crippen LogP contribution in [0.25, 0.3) is 0 Å². The number of carbonyl (C=O) groups is 1. The molecule has 0 fully saturated rings. The highest BCUT2D eigenvalue weighted by Gasteiger charge is 2.09. The van der Waals surface area contributed by atoms with Gasteiger partial charge >= 0.3 is 0 Å². The fourth-order valence-electron chi connectivity index (χ4n) is 1.85. The Morgan fingerprint density at radius 3 is 2.33 bits per heavy atom. The maximum atomic E-state index is 13.4. The summed E-state index contributed by atoms with van der Waals surface area (Å²) in [6.45, 7) is 0.351. The zero-order valence-electron chi connectivity index (χ0n) is 11.2. The van der Waals surface area contributed by atoms with E-state index in [1.807, 2.05) is 24.3 Å². The summed E-state index contributed by atoms with van der Waals surface area (Å²) in [7, 11) is 0. The lowest BCUT2D eigenvalue weighted by atomic mass is 10.1. The molecule has 21 heavy (non-hydrogen) atoms. The molecule has 2 rings (SSSR count). The Kier molecular flexibility index (Phi) is 5.28. The molecule has 2 nitrogen and oxygen atoms in total. The summed E-state index contributed by atoms with van der Waals surface area (Å²) in [5, 5.41) is 2.69. The van der Waals surface area contributed by atoms with Crippen molar-refractivity contribution in [1.29, 1.82) is 0 Å². The molecule has 0 aliphatic heterocycles. The normalized spacial score (nSPS) is 10.4. The average molecular weight is 310 g/mol. The first-order valence-electron chi connectivity index (χ1n) is 6.43. The topological polar surface area (TPSA) is 29.1 Å². The van der Waals surface area contributed by atoms with Crippen molar-refractivity contribution in [3.05, 3.63) is 70.8 Å². The van der Waals surface area contributed by atoms with Gasteiger partial charge < -0.3 is 5.32 Å². The van der Waals surface area contributed by atoms with E-state index in [4.69, 9.17) is 11.6 Å². The minimum atomic E-state index is -0.711. The first-order chi connectivity index (χ1) is 10.1. The number of carbonyl (C=O) groups excluding carboxylic acids is 1. The molecule has 0 aromatic heterocycles. The zero-order valence-corrected chi connectivity index (χ0v) is 12.0. The second-order valence-electron chi connectivity index (χ2n) is 4.64. The maximum Gasteiger partial charge on any atom is 0.224 e. The Morgan fingerprint density at radius 2 is 1.71 bits per heavy atom. The maximum absolute atomic E-state index is 13.4. The van der Waals surface area contributed by atoms with Gasteiger partial charge in [0.05, 0.1) is 6.42 Å². The summed E-state index contributed by atoms with van der Waals surface area (Å²) in [6.07, 6.45) is -0.119. The molecule has 0 bridgehead atoms. The third-order valence-corrected chi connectivity index (χ3v) is 3.34. The predicted molar refractivity (Wildman–Crippen MR) is 77.9 cm³/mol. The lowest BCUT2D eigenvalue weighted by Crippen LogP contribution is -2.24. The third kappa shape index (κ3) is 4.53. The monoisotopic (exact) mass is 309 g/mol.